The average molecular weight is 577 g/mol. The summed E-state index contributed by atoms with van der Waals surface area (Å²) >= 11 is 0. The van der Waals surface area contributed by atoms with E-state index in [2.05, 4.69) is 56.5 Å². The number of hydrogen-bond donors (Lipinski definition) is 1. The molecule has 2 aromatic rings. The molecule has 0 radical (unpaired) electrons. The molecule has 0 amide bonds. The number of nitrogens with zero attached hydrogens (tertiary/aromatic N) is 5. The van der Waals surface area contributed by atoms with E-state index in [1.54, 1.807) is 13.1 Å². The lowest BCUT2D eigenvalue weighted by molar-refractivity contribution is 0.260. The van der Waals surface area contributed by atoms with E-state index in [4.69, 9.17) is 4.52 Å². The number of piperazine rings is 1. The van der Waals surface area contributed by atoms with Gasteiger partial charge in [0.25, 0.3) is 0 Å². The van der Waals surface area contributed by atoms with E-state index in [0.717, 1.165) is 32.0 Å². The number of hydrogen-bond acceptors (Lipinski definition) is 6. The van der Waals surface area contributed by atoms with Gasteiger partial charge < -0.3 is 19.6 Å². The summed E-state index contributed by atoms with van der Waals surface area (Å²) in [5.74, 6) is 0.683. The summed E-state index contributed by atoms with van der Waals surface area (Å²) in [4.78, 5) is 8.84. The molecule has 9 nitrogen and oxygen atoms in total. The molecule has 2 heterocycles. The van der Waals surface area contributed by atoms with Crippen molar-refractivity contribution >= 4 is 45.6 Å². The van der Waals surface area contributed by atoms with Crippen LogP contribution in [0.3, 0.4) is 0 Å². The molecule has 32 heavy (non-hydrogen) atoms. The second-order valence-corrected chi connectivity index (χ2v) is 9.34. The monoisotopic (exact) mass is 576 g/mol. The van der Waals surface area contributed by atoms with Gasteiger partial charge in [-0.25, -0.2) is 8.42 Å². The van der Waals surface area contributed by atoms with Crippen molar-refractivity contribution in [2.45, 2.75) is 19.1 Å². The second-order valence-electron chi connectivity index (χ2n) is 7.38. The van der Waals surface area contributed by atoms with Gasteiger partial charge in [-0.05, 0) is 25.5 Å². The molecule has 0 saturated carbocycles. The van der Waals surface area contributed by atoms with Crippen molar-refractivity contribution in [3.63, 3.8) is 0 Å². The Labute approximate surface area is 207 Å². The number of guanidine groups is 1. The van der Waals surface area contributed by atoms with Crippen LogP contribution < -0.4 is 10.2 Å². The van der Waals surface area contributed by atoms with Gasteiger partial charge >= 0.3 is 0 Å². The van der Waals surface area contributed by atoms with Crippen molar-refractivity contribution in [2.75, 3.05) is 57.8 Å². The van der Waals surface area contributed by atoms with E-state index in [1.165, 1.54) is 16.3 Å². The van der Waals surface area contributed by atoms with Gasteiger partial charge in [0.15, 0.2) is 5.96 Å². The van der Waals surface area contributed by atoms with Crippen LogP contribution in [-0.4, -0.2) is 81.6 Å². The summed E-state index contributed by atoms with van der Waals surface area (Å²) < 4.78 is 31.4. The first-order valence-corrected chi connectivity index (χ1v) is 12.3. The highest BCUT2D eigenvalue weighted by molar-refractivity contribution is 14.0. The number of anilines is 1. The van der Waals surface area contributed by atoms with Gasteiger partial charge in [0.05, 0.1) is 5.69 Å². The maximum atomic E-state index is 12.6. The topological polar surface area (TPSA) is 94.3 Å². The van der Waals surface area contributed by atoms with E-state index in [1.807, 2.05) is 6.07 Å². The lowest BCUT2D eigenvalue weighted by Crippen LogP contribution is -2.54. The Morgan fingerprint density at radius 1 is 1.19 bits per heavy atom. The fraction of sp³-hybridized carbons (Fsp3) is 0.524. The first kappa shape index (κ1) is 26.4. The Bertz CT molecular complexity index is 916. The molecule has 1 aliphatic rings. The number of para-hydroxylation sites is 1. The Balaban J connectivity index is 0.00000363. The third-order valence-electron chi connectivity index (χ3n) is 5.36. The molecule has 1 fully saturated rings. The highest BCUT2D eigenvalue weighted by Crippen LogP contribution is 2.14. The van der Waals surface area contributed by atoms with E-state index >= 15 is 0 Å². The number of nitrogens with one attached hydrogen (secondary N) is 1. The summed E-state index contributed by atoms with van der Waals surface area (Å²) in [6.07, 6.45) is 2.37. The Hall–Kier alpha value is -1.86. The van der Waals surface area contributed by atoms with E-state index < -0.39 is 10.0 Å². The zero-order valence-electron chi connectivity index (χ0n) is 18.7. The molecule has 11 heteroatoms. The molecule has 0 atom stereocenters. The lowest BCUT2D eigenvalue weighted by Gasteiger charge is -2.35. The number of rotatable bonds is 9. The molecule has 0 unspecified atom stereocenters. The predicted octanol–water partition coefficient (Wildman–Crippen LogP) is 2.23. The minimum absolute atomic E-state index is 0. The molecule has 1 N–H and O–H groups in total. The molecule has 0 aliphatic carbocycles. The van der Waals surface area contributed by atoms with Crippen molar-refractivity contribution in [2.24, 2.45) is 4.99 Å². The molecule has 0 spiro atoms. The fourth-order valence-electron chi connectivity index (χ4n) is 3.68. The van der Waals surface area contributed by atoms with Crippen LogP contribution in [0.5, 0.6) is 0 Å². The highest BCUT2D eigenvalue weighted by atomic mass is 127. The van der Waals surface area contributed by atoms with Crippen LogP contribution in [0, 0.1) is 0 Å². The van der Waals surface area contributed by atoms with Gasteiger partial charge in [-0.1, -0.05) is 23.4 Å². The van der Waals surface area contributed by atoms with Crippen molar-refractivity contribution in [3.05, 3.63) is 48.4 Å². The maximum absolute atomic E-state index is 12.6. The summed E-state index contributed by atoms with van der Waals surface area (Å²) in [6.45, 7) is 6.95. The molecular weight excluding hydrogens is 543 g/mol. The van der Waals surface area contributed by atoms with Gasteiger partial charge in [0, 0.05) is 64.6 Å². The summed E-state index contributed by atoms with van der Waals surface area (Å²) in [5.41, 5.74) is 1.66. The Kier molecular flexibility index (Phi) is 10.7. The zero-order chi connectivity index (χ0) is 22.1. The van der Waals surface area contributed by atoms with Crippen LogP contribution in [0.2, 0.25) is 0 Å². The molecule has 1 aromatic carbocycles. The number of aromatic nitrogens is 1. The largest absolute Gasteiger partial charge is 0.372 e. The average Bonchev–Trinajstić information content (AvgIpc) is 3.29. The van der Waals surface area contributed by atoms with Crippen LogP contribution in [-0.2, 0) is 15.8 Å². The molecule has 3 rings (SSSR count). The van der Waals surface area contributed by atoms with Gasteiger partial charge in [-0.15, -0.1) is 24.0 Å². The van der Waals surface area contributed by atoms with Crippen LogP contribution in [0.15, 0.2) is 52.2 Å². The van der Waals surface area contributed by atoms with Crippen LogP contribution in [0.1, 0.15) is 19.0 Å². The number of aliphatic imine (C=N–C) groups is 1. The molecule has 1 aliphatic heterocycles. The van der Waals surface area contributed by atoms with Gasteiger partial charge in [0.2, 0.25) is 10.0 Å². The van der Waals surface area contributed by atoms with Crippen molar-refractivity contribution in [3.8, 4) is 0 Å². The van der Waals surface area contributed by atoms with E-state index in [0.29, 0.717) is 31.9 Å². The minimum atomic E-state index is -3.40. The quantitative estimate of drug-likeness (QED) is 0.212. The molecule has 1 aromatic heterocycles. The summed E-state index contributed by atoms with van der Waals surface area (Å²) in [7, 11) is -1.64. The summed E-state index contributed by atoms with van der Waals surface area (Å²) in [5, 5.41) is 7.13. The number of halogens is 1. The van der Waals surface area contributed by atoms with Crippen molar-refractivity contribution < 1.29 is 12.9 Å². The molecular formula is C21H33IN6O3S. The second kappa shape index (κ2) is 13.0. The maximum Gasteiger partial charge on any atom is 0.220 e. The van der Waals surface area contributed by atoms with Gasteiger partial charge in [0.1, 0.15) is 12.0 Å². The standard InChI is InChI=1S/C21H32N6O3S.HI/c1-3-25(20-8-5-4-6-9-20)12-7-11-23-21(22-2)26-13-15-27(16-14-26)31(28,29)18-19-10-17-30-24-19;/h4-6,8-10,17H,3,7,11-16,18H2,1-2H3,(H,22,23);1H. The first-order valence-electron chi connectivity index (χ1n) is 10.7. The van der Waals surface area contributed by atoms with Gasteiger partial charge in [-0.2, -0.15) is 4.31 Å². The molecule has 0 bridgehead atoms. The fourth-order valence-corrected chi connectivity index (χ4v) is 5.10. The SMILES string of the molecule is CCN(CCCNC(=NC)N1CCN(S(=O)(=O)Cc2ccon2)CC1)c1ccccc1.I. The van der Waals surface area contributed by atoms with Crippen LogP contribution in [0.4, 0.5) is 5.69 Å². The Morgan fingerprint density at radius 2 is 1.91 bits per heavy atom. The summed E-state index contributed by atoms with van der Waals surface area (Å²) in [6, 6.07) is 12.0. The van der Waals surface area contributed by atoms with Gasteiger partial charge in [-0.3, -0.25) is 4.99 Å². The molecule has 178 valence electrons. The minimum Gasteiger partial charge on any atom is -0.372 e. The third-order valence-corrected chi connectivity index (χ3v) is 7.17. The van der Waals surface area contributed by atoms with Crippen LogP contribution in [0.25, 0.3) is 0 Å². The lowest BCUT2D eigenvalue weighted by atomic mass is 10.2. The number of sulfonamides is 1. The number of benzene rings is 1. The van der Waals surface area contributed by atoms with Crippen LogP contribution >= 0.6 is 24.0 Å². The third kappa shape index (κ3) is 7.34. The molecule has 1 saturated heterocycles. The van der Waals surface area contributed by atoms with E-state index in [-0.39, 0.29) is 29.7 Å². The first-order chi connectivity index (χ1) is 15.0. The van der Waals surface area contributed by atoms with E-state index in [9.17, 15) is 8.42 Å². The smallest absolute Gasteiger partial charge is 0.220 e. The highest BCUT2D eigenvalue weighted by Gasteiger charge is 2.28. The zero-order valence-corrected chi connectivity index (χ0v) is 21.8. The van der Waals surface area contributed by atoms with Crippen molar-refractivity contribution in [1.82, 2.24) is 19.7 Å². The predicted molar refractivity (Wildman–Crippen MR) is 138 cm³/mol. The Morgan fingerprint density at radius 3 is 2.50 bits per heavy atom. The normalized spacial score (nSPS) is 15.3. The van der Waals surface area contributed by atoms with Crippen molar-refractivity contribution in [1.29, 1.82) is 0 Å².